The molecule has 2 aliphatic heterocycles. The molecule has 3 rings (SSSR count). The summed E-state index contributed by atoms with van der Waals surface area (Å²) in [7, 11) is 0. The smallest absolute Gasteiger partial charge is 0.233 e. The number of rotatable bonds is 6. The minimum atomic E-state index is -0.296. The third-order valence-corrected chi connectivity index (χ3v) is 4.74. The predicted octanol–water partition coefficient (Wildman–Crippen LogP) is 2.30. The Hall–Kier alpha value is -2.08. The molecule has 0 saturated carbocycles. The summed E-state index contributed by atoms with van der Waals surface area (Å²) in [5.41, 5.74) is 1.91. The number of ether oxygens (including phenoxy) is 1. The molecule has 2 fully saturated rings. The number of piperidine rings is 1. The van der Waals surface area contributed by atoms with E-state index in [1.807, 2.05) is 24.3 Å². The minimum Gasteiger partial charge on any atom is -0.376 e. The van der Waals surface area contributed by atoms with Crippen molar-refractivity contribution in [1.82, 2.24) is 5.32 Å². The number of hydrogen-bond acceptors (Lipinski definition) is 4. The number of nitrogens with one attached hydrogen (secondary N) is 2. The van der Waals surface area contributed by atoms with Gasteiger partial charge in [0.15, 0.2) is 0 Å². The Kier molecular flexibility index (Phi) is 6.28. The molecule has 1 aromatic carbocycles. The van der Waals surface area contributed by atoms with Gasteiger partial charge in [-0.05, 0) is 56.4 Å². The van der Waals surface area contributed by atoms with E-state index < -0.39 is 0 Å². The van der Waals surface area contributed by atoms with Gasteiger partial charge in [0, 0.05) is 37.6 Å². The second-order valence-electron chi connectivity index (χ2n) is 6.76. The third-order valence-electron chi connectivity index (χ3n) is 4.74. The van der Waals surface area contributed by atoms with Crippen LogP contribution in [0.15, 0.2) is 24.3 Å². The van der Waals surface area contributed by atoms with Crippen molar-refractivity contribution in [3.63, 3.8) is 0 Å². The first-order valence-electron chi connectivity index (χ1n) is 9.24. The predicted molar refractivity (Wildman–Crippen MR) is 97.7 cm³/mol. The molecule has 2 N–H and O–H groups in total. The molecule has 0 aliphatic carbocycles. The summed E-state index contributed by atoms with van der Waals surface area (Å²) in [5, 5.41) is 5.54. The van der Waals surface area contributed by atoms with E-state index >= 15 is 0 Å². The zero-order chi connectivity index (χ0) is 17.5. The molecule has 1 unspecified atom stereocenters. The summed E-state index contributed by atoms with van der Waals surface area (Å²) in [6.07, 6.45) is 5.71. The van der Waals surface area contributed by atoms with Crippen molar-refractivity contribution >= 4 is 23.2 Å². The molecule has 136 valence electrons. The zero-order valence-corrected chi connectivity index (χ0v) is 14.6. The summed E-state index contributed by atoms with van der Waals surface area (Å²) < 4.78 is 5.45. The number of carbonyl (C=O) groups excluding carboxylic acids is 2. The van der Waals surface area contributed by atoms with Crippen LogP contribution < -0.4 is 15.5 Å². The maximum Gasteiger partial charge on any atom is 0.233 e. The Labute approximate surface area is 148 Å². The Balaban J connectivity index is 1.41. The lowest BCUT2D eigenvalue weighted by Gasteiger charge is -2.28. The lowest BCUT2D eigenvalue weighted by Crippen LogP contribution is -2.34. The van der Waals surface area contributed by atoms with Crippen LogP contribution >= 0.6 is 0 Å². The lowest BCUT2D eigenvalue weighted by atomic mass is 10.1. The highest BCUT2D eigenvalue weighted by Crippen LogP contribution is 2.21. The van der Waals surface area contributed by atoms with Crippen LogP contribution in [0.2, 0.25) is 0 Å². The SMILES string of the molecule is O=C(CC(=O)Nc1ccc(N2CCCCC2)cc1)NCC1CCCO1. The highest BCUT2D eigenvalue weighted by molar-refractivity contribution is 6.03. The first-order chi connectivity index (χ1) is 12.2. The van der Waals surface area contributed by atoms with Gasteiger partial charge in [-0.15, -0.1) is 0 Å². The molecule has 1 aromatic rings. The highest BCUT2D eigenvalue weighted by Gasteiger charge is 2.17. The average Bonchev–Trinajstić information content (AvgIpc) is 3.15. The molecule has 6 nitrogen and oxygen atoms in total. The number of benzene rings is 1. The summed E-state index contributed by atoms with van der Waals surface area (Å²) in [4.78, 5) is 26.2. The molecule has 6 heteroatoms. The van der Waals surface area contributed by atoms with Crippen molar-refractivity contribution in [2.75, 3.05) is 36.5 Å². The van der Waals surface area contributed by atoms with Crippen LogP contribution in [0.3, 0.4) is 0 Å². The number of nitrogens with zero attached hydrogens (tertiary/aromatic N) is 1. The first kappa shape index (κ1) is 17.7. The summed E-state index contributed by atoms with van der Waals surface area (Å²) >= 11 is 0. The standard InChI is InChI=1S/C19H27N3O3/c23-18(20-14-17-5-4-12-25-17)13-19(24)21-15-6-8-16(9-7-15)22-10-2-1-3-11-22/h6-9,17H,1-5,10-14H2,(H,20,23)(H,21,24). The van der Waals surface area contributed by atoms with Gasteiger partial charge in [0.2, 0.25) is 11.8 Å². The largest absolute Gasteiger partial charge is 0.376 e. The number of carbonyl (C=O) groups is 2. The van der Waals surface area contributed by atoms with Gasteiger partial charge in [-0.3, -0.25) is 9.59 Å². The van der Waals surface area contributed by atoms with Gasteiger partial charge >= 0.3 is 0 Å². The Morgan fingerprint density at radius 3 is 2.48 bits per heavy atom. The summed E-state index contributed by atoms with van der Waals surface area (Å²) in [6, 6.07) is 7.84. The molecular formula is C19H27N3O3. The van der Waals surface area contributed by atoms with E-state index in [-0.39, 0.29) is 24.3 Å². The zero-order valence-electron chi connectivity index (χ0n) is 14.6. The van der Waals surface area contributed by atoms with Crippen molar-refractivity contribution < 1.29 is 14.3 Å². The average molecular weight is 345 g/mol. The summed E-state index contributed by atoms with van der Waals surface area (Å²) in [6.45, 7) is 3.43. The number of anilines is 2. The Morgan fingerprint density at radius 1 is 1.04 bits per heavy atom. The van der Waals surface area contributed by atoms with Crippen LogP contribution in [-0.2, 0) is 14.3 Å². The first-order valence-corrected chi connectivity index (χ1v) is 9.24. The van der Waals surface area contributed by atoms with Crippen LogP contribution in [-0.4, -0.2) is 44.2 Å². The van der Waals surface area contributed by atoms with Gasteiger partial charge in [-0.2, -0.15) is 0 Å². The van der Waals surface area contributed by atoms with E-state index in [0.29, 0.717) is 6.54 Å². The van der Waals surface area contributed by atoms with Crippen LogP contribution in [0, 0.1) is 0 Å². The quantitative estimate of drug-likeness (QED) is 0.776. The van der Waals surface area contributed by atoms with Gasteiger partial charge in [-0.25, -0.2) is 0 Å². The van der Waals surface area contributed by atoms with E-state index in [2.05, 4.69) is 15.5 Å². The van der Waals surface area contributed by atoms with Gasteiger partial charge in [0.25, 0.3) is 0 Å². The van der Waals surface area contributed by atoms with E-state index in [9.17, 15) is 9.59 Å². The maximum absolute atomic E-state index is 12.0. The third kappa shape index (κ3) is 5.46. The highest BCUT2D eigenvalue weighted by atomic mass is 16.5. The molecule has 1 atom stereocenters. The molecule has 2 amide bonds. The van der Waals surface area contributed by atoms with Crippen molar-refractivity contribution in [2.24, 2.45) is 0 Å². The van der Waals surface area contributed by atoms with Crippen LogP contribution in [0.5, 0.6) is 0 Å². The molecule has 2 heterocycles. The molecule has 0 aromatic heterocycles. The Morgan fingerprint density at radius 2 is 1.80 bits per heavy atom. The fourth-order valence-corrected chi connectivity index (χ4v) is 3.35. The van der Waals surface area contributed by atoms with E-state index in [4.69, 9.17) is 4.74 Å². The Bertz CT molecular complexity index is 576. The van der Waals surface area contributed by atoms with Gasteiger partial charge in [-0.1, -0.05) is 0 Å². The molecule has 0 bridgehead atoms. The molecule has 25 heavy (non-hydrogen) atoms. The van der Waals surface area contributed by atoms with Gasteiger partial charge < -0.3 is 20.3 Å². The minimum absolute atomic E-state index is 0.0920. The lowest BCUT2D eigenvalue weighted by molar-refractivity contribution is -0.127. The topological polar surface area (TPSA) is 70.7 Å². The monoisotopic (exact) mass is 345 g/mol. The second kappa shape index (κ2) is 8.85. The second-order valence-corrected chi connectivity index (χ2v) is 6.76. The molecule has 2 aliphatic rings. The molecule has 0 spiro atoms. The van der Waals surface area contributed by atoms with Crippen LogP contribution in [0.25, 0.3) is 0 Å². The molecule has 0 radical (unpaired) electrons. The molecular weight excluding hydrogens is 318 g/mol. The van der Waals surface area contributed by atoms with Crippen molar-refractivity contribution in [3.05, 3.63) is 24.3 Å². The van der Waals surface area contributed by atoms with Crippen molar-refractivity contribution in [2.45, 2.75) is 44.6 Å². The number of amides is 2. The van der Waals surface area contributed by atoms with E-state index in [0.717, 1.165) is 38.2 Å². The van der Waals surface area contributed by atoms with Gasteiger partial charge in [0.1, 0.15) is 6.42 Å². The fraction of sp³-hybridized carbons (Fsp3) is 0.579. The summed E-state index contributed by atoms with van der Waals surface area (Å²) in [5.74, 6) is -0.562. The van der Waals surface area contributed by atoms with Crippen molar-refractivity contribution in [3.8, 4) is 0 Å². The fourth-order valence-electron chi connectivity index (χ4n) is 3.35. The van der Waals surface area contributed by atoms with Crippen LogP contribution in [0.1, 0.15) is 38.5 Å². The number of hydrogen-bond donors (Lipinski definition) is 2. The van der Waals surface area contributed by atoms with E-state index in [1.165, 1.54) is 24.9 Å². The van der Waals surface area contributed by atoms with E-state index in [1.54, 1.807) is 0 Å². The maximum atomic E-state index is 12.0. The van der Waals surface area contributed by atoms with Crippen molar-refractivity contribution in [1.29, 1.82) is 0 Å². The normalized spacial score (nSPS) is 20.3. The molecule has 2 saturated heterocycles. The van der Waals surface area contributed by atoms with Gasteiger partial charge in [0.05, 0.1) is 6.10 Å². The van der Waals surface area contributed by atoms with Crippen LogP contribution in [0.4, 0.5) is 11.4 Å².